The van der Waals surface area contributed by atoms with Gasteiger partial charge >= 0.3 is 0 Å². The highest BCUT2D eigenvalue weighted by atomic mass is 16.2. The SMILES string of the molecule is Cc1cncc(C(=O)N2CC[C@H]3[C@H]2CCN3C)c1. The van der Waals surface area contributed by atoms with Crippen LogP contribution in [0.3, 0.4) is 0 Å². The van der Waals surface area contributed by atoms with Gasteiger partial charge in [0.1, 0.15) is 0 Å². The van der Waals surface area contributed by atoms with Crippen LogP contribution in [0.15, 0.2) is 18.5 Å². The highest BCUT2D eigenvalue weighted by Gasteiger charge is 2.42. The lowest BCUT2D eigenvalue weighted by Gasteiger charge is -2.24. The minimum Gasteiger partial charge on any atom is -0.334 e. The van der Waals surface area contributed by atoms with Crippen LogP contribution in [-0.2, 0) is 0 Å². The number of rotatable bonds is 1. The second-order valence-electron chi connectivity index (χ2n) is 5.44. The van der Waals surface area contributed by atoms with Crippen LogP contribution in [-0.4, -0.2) is 52.9 Å². The van der Waals surface area contributed by atoms with E-state index in [0.29, 0.717) is 12.1 Å². The van der Waals surface area contributed by atoms with Crippen molar-refractivity contribution in [2.45, 2.75) is 31.8 Å². The van der Waals surface area contributed by atoms with Crippen molar-refractivity contribution in [2.24, 2.45) is 0 Å². The Hall–Kier alpha value is -1.42. The lowest BCUT2D eigenvalue weighted by molar-refractivity contribution is 0.0733. The van der Waals surface area contributed by atoms with Crippen molar-refractivity contribution in [1.82, 2.24) is 14.8 Å². The Labute approximate surface area is 108 Å². The first-order valence-electron chi connectivity index (χ1n) is 6.59. The molecule has 0 radical (unpaired) electrons. The van der Waals surface area contributed by atoms with Crippen molar-refractivity contribution in [3.05, 3.63) is 29.6 Å². The first kappa shape index (κ1) is 11.7. The standard InChI is InChI=1S/C14H19N3O/c1-10-7-11(9-15-8-10)14(18)17-6-4-12-13(17)3-5-16(12)2/h7-9,12-13H,3-6H2,1-2H3/t12-,13+/m0/s1. The van der Waals surface area contributed by atoms with Crippen LogP contribution in [0.2, 0.25) is 0 Å². The van der Waals surface area contributed by atoms with Crippen molar-refractivity contribution in [2.75, 3.05) is 20.1 Å². The van der Waals surface area contributed by atoms with E-state index in [1.807, 2.05) is 17.9 Å². The molecule has 96 valence electrons. The van der Waals surface area contributed by atoms with E-state index in [9.17, 15) is 4.79 Å². The van der Waals surface area contributed by atoms with Gasteiger partial charge in [-0.1, -0.05) is 0 Å². The number of carbonyl (C=O) groups excluding carboxylic acids is 1. The van der Waals surface area contributed by atoms with Gasteiger partial charge in [0, 0.05) is 37.6 Å². The molecule has 2 aliphatic heterocycles. The molecule has 3 heterocycles. The van der Waals surface area contributed by atoms with Gasteiger partial charge in [-0.05, 0) is 38.4 Å². The molecule has 0 saturated carbocycles. The maximum Gasteiger partial charge on any atom is 0.255 e. The van der Waals surface area contributed by atoms with E-state index in [-0.39, 0.29) is 5.91 Å². The number of pyridine rings is 1. The molecule has 0 aromatic carbocycles. The molecular weight excluding hydrogens is 226 g/mol. The molecule has 4 heteroatoms. The number of amides is 1. The zero-order valence-electron chi connectivity index (χ0n) is 11.0. The molecule has 2 saturated heterocycles. The summed E-state index contributed by atoms with van der Waals surface area (Å²) in [7, 11) is 2.16. The van der Waals surface area contributed by atoms with E-state index in [4.69, 9.17) is 0 Å². The Morgan fingerprint density at radius 3 is 2.83 bits per heavy atom. The fourth-order valence-corrected chi connectivity index (χ4v) is 3.29. The topological polar surface area (TPSA) is 36.4 Å². The zero-order chi connectivity index (χ0) is 12.7. The molecule has 2 fully saturated rings. The fraction of sp³-hybridized carbons (Fsp3) is 0.571. The molecule has 18 heavy (non-hydrogen) atoms. The minimum absolute atomic E-state index is 0.147. The zero-order valence-corrected chi connectivity index (χ0v) is 11.0. The number of hydrogen-bond acceptors (Lipinski definition) is 3. The van der Waals surface area contributed by atoms with E-state index in [1.54, 1.807) is 12.4 Å². The fourth-order valence-electron chi connectivity index (χ4n) is 3.29. The Morgan fingerprint density at radius 2 is 2.06 bits per heavy atom. The smallest absolute Gasteiger partial charge is 0.255 e. The van der Waals surface area contributed by atoms with E-state index in [2.05, 4.69) is 16.9 Å². The molecule has 4 nitrogen and oxygen atoms in total. The first-order valence-corrected chi connectivity index (χ1v) is 6.59. The van der Waals surface area contributed by atoms with Crippen LogP contribution >= 0.6 is 0 Å². The molecule has 0 bridgehead atoms. The number of likely N-dealkylation sites (tertiary alicyclic amines) is 2. The second kappa shape index (κ2) is 4.35. The number of fused-ring (bicyclic) bond motifs is 1. The van der Waals surface area contributed by atoms with Gasteiger partial charge in [0.2, 0.25) is 0 Å². The van der Waals surface area contributed by atoms with Gasteiger partial charge in [-0.3, -0.25) is 9.78 Å². The van der Waals surface area contributed by atoms with Crippen molar-refractivity contribution >= 4 is 5.91 Å². The summed E-state index contributed by atoms with van der Waals surface area (Å²) in [5.74, 6) is 0.147. The predicted octanol–water partition coefficient (Wildman–Crippen LogP) is 1.31. The highest BCUT2D eigenvalue weighted by molar-refractivity contribution is 5.94. The van der Waals surface area contributed by atoms with Gasteiger partial charge in [0.25, 0.3) is 5.91 Å². The lowest BCUT2D eigenvalue weighted by Crippen LogP contribution is -2.39. The molecule has 0 spiro atoms. The number of likely N-dealkylation sites (N-methyl/N-ethyl adjacent to an activating group) is 1. The molecule has 3 rings (SSSR count). The molecule has 0 aliphatic carbocycles. The largest absolute Gasteiger partial charge is 0.334 e. The summed E-state index contributed by atoms with van der Waals surface area (Å²) < 4.78 is 0. The Bertz CT molecular complexity index is 474. The van der Waals surface area contributed by atoms with Crippen molar-refractivity contribution < 1.29 is 4.79 Å². The number of aryl methyl sites for hydroxylation is 1. The van der Waals surface area contributed by atoms with Crippen LogP contribution in [0.4, 0.5) is 0 Å². The Balaban J connectivity index is 1.82. The first-order chi connectivity index (χ1) is 8.66. The third-order valence-electron chi connectivity index (χ3n) is 4.24. The molecule has 1 aromatic rings. The third-order valence-corrected chi connectivity index (χ3v) is 4.24. The highest BCUT2D eigenvalue weighted by Crippen LogP contribution is 2.31. The maximum atomic E-state index is 12.5. The van der Waals surface area contributed by atoms with Crippen LogP contribution < -0.4 is 0 Å². The number of carbonyl (C=O) groups is 1. The Morgan fingerprint density at radius 1 is 1.28 bits per heavy atom. The monoisotopic (exact) mass is 245 g/mol. The van der Waals surface area contributed by atoms with Gasteiger partial charge in [-0.2, -0.15) is 0 Å². The van der Waals surface area contributed by atoms with Gasteiger partial charge in [0.15, 0.2) is 0 Å². The normalized spacial score (nSPS) is 27.6. The average Bonchev–Trinajstić information content (AvgIpc) is 2.92. The quantitative estimate of drug-likeness (QED) is 0.748. The van der Waals surface area contributed by atoms with E-state index >= 15 is 0 Å². The van der Waals surface area contributed by atoms with Crippen LogP contribution in [0.25, 0.3) is 0 Å². The van der Waals surface area contributed by atoms with Gasteiger partial charge in [-0.15, -0.1) is 0 Å². The number of hydrogen-bond donors (Lipinski definition) is 0. The predicted molar refractivity (Wildman–Crippen MR) is 69.5 cm³/mol. The van der Waals surface area contributed by atoms with Crippen LogP contribution in [0.1, 0.15) is 28.8 Å². The Kier molecular flexibility index (Phi) is 2.82. The van der Waals surface area contributed by atoms with Crippen LogP contribution in [0.5, 0.6) is 0 Å². The molecule has 0 unspecified atom stereocenters. The summed E-state index contributed by atoms with van der Waals surface area (Å²) in [6.45, 7) is 3.96. The second-order valence-corrected chi connectivity index (χ2v) is 5.44. The minimum atomic E-state index is 0.147. The van der Waals surface area contributed by atoms with Gasteiger partial charge in [-0.25, -0.2) is 0 Å². The van der Waals surface area contributed by atoms with E-state index < -0.39 is 0 Å². The van der Waals surface area contributed by atoms with Crippen LogP contribution in [0, 0.1) is 6.92 Å². The van der Waals surface area contributed by atoms with Crippen molar-refractivity contribution in [3.63, 3.8) is 0 Å². The maximum absolute atomic E-state index is 12.5. The summed E-state index contributed by atoms with van der Waals surface area (Å²) in [6, 6.07) is 2.90. The molecule has 2 atom stereocenters. The van der Waals surface area contributed by atoms with E-state index in [1.165, 1.54) is 0 Å². The summed E-state index contributed by atoms with van der Waals surface area (Å²) in [6.07, 6.45) is 5.67. The summed E-state index contributed by atoms with van der Waals surface area (Å²) in [5.41, 5.74) is 1.77. The lowest BCUT2D eigenvalue weighted by atomic mass is 10.1. The average molecular weight is 245 g/mol. The van der Waals surface area contributed by atoms with Crippen molar-refractivity contribution in [3.8, 4) is 0 Å². The molecule has 1 amide bonds. The molecule has 0 N–H and O–H groups in total. The molecular formula is C14H19N3O. The third kappa shape index (κ3) is 1.81. The molecule has 1 aromatic heterocycles. The summed E-state index contributed by atoms with van der Waals surface area (Å²) in [4.78, 5) is 21.1. The number of nitrogens with zero attached hydrogens (tertiary/aromatic N) is 3. The van der Waals surface area contributed by atoms with E-state index in [0.717, 1.165) is 37.1 Å². The van der Waals surface area contributed by atoms with Gasteiger partial charge < -0.3 is 9.80 Å². The molecule has 2 aliphatic rings. The number of aromatic nitrogens is 1. The summed E-state index contributed by atoms with van der Waals surface area (Å²) >= 11 is 0. The summed E-state index contributed by atoms with van der Waals surface area (Å²) in [5, 5.41) is 0. The van der Waals surface area contributed by atoms with Crippen molar-refractivity contribution in [1.29, 1.82) is 0 Å². The van der Waals surface area contributed by atoms with Gasteiger partial charge in [0.05, 0.1) is 5.56 Å².